The Labute approximate surface area is 117 Å². The molecule has 6 nitrogen and oxygen atoms in total. The van der Waals surface area contributed by atoms with Gasteiger partial charge in [0.15, 0.2) is 0 Å². The van der Waals surface area contributed by atoms with Crippen LogP contribution in [0, 0.1) is 0 Å². The summed E-state index contributed by atoms with van der Waals surface area (Å²) in [7, 11) is 1.86. The van der Waals surface area contributed by atoms with Crippen molar-refractivity contribution in [1.29, 1.82) is 0 Å². The number of hydrogen-bond donors (Lipinski definition) is 1. The molecule has 20 heavy (non-hydrogen) atoms. The highest BCUT2D eigenvalue weighted by Crippen LogP contribution is 2.35. The number of para-hydroxylation sites is 2. The van der Waals surface area contributed by atoms with E-state index in [0.717, 1.165) is 24.4 Å². The predicted molar refractivity (Wildman–Crippen MR) is 75.3 cm³/mol. The average Bonchev–Trinajstić information content (AvgIpc) is 2.87. The molecular formula is C14H18N4O2. The van der Waals surface area contributed by atoms with Crippen molar-refractivity contribution in [2.75, 3.05) is 25.1 Å². The Bertz CT molecular complexity index is 584. The molecule has 0 amide bonds. The van der Waals surface area contributed by atoms with E-state index in [2.05, 4.69) is 15.5 Å². The molecule has 106 valence electrons. The molecule has 1 aromatic carbocycles. The van der Waals surface area contributed by atoms with Gasteiger partial charge in [-0.3, -0.25) is 4.90 Å². The van der Waals surface area contributed by atoms with Gasteiger partial charge in [-0.2, -0.15) is 0 Å². The second-order valence-corrected chi connectivity index (χ2v) is 4.75. The topological polar surface area (TPSA) is 63.4 Å². The van der Waals surface area contributed by atoms with E-state index in [1.807, 2.05) is 43.1 Å². The van der Waals surface area contributed by atoms with Crippen LogP contribution in [0.1, 0.15) is 25.3 Å². The standard InChI is InChI=1S/C14H18N4O2/c1-10(15-2)13-16-17-14(20-13)18-8-5-9-19-12-7-4-3-6-11(12)18/h3-4,6-7,10,15H,5,8-9H2,1-2H3. The highest BCUT2D eigenvalue weighted by Gasteiger charge is 2.23. The summed E-state index contributed by atoms with van der Waals surface area (Å²) < 4.78 is 11.5. The molecule has 1 aliphatic rings. The Kier molecular flexibility index (Phi) is 3.56. The molecule has 6 heteroatoms. The van der Waals surface area contributed by atoms with Crippen molar-refractivity contribution < 1.29 is 9.15 Å². The van der Waals surface area contributed by atoms with Crippen molar-refractivity contribution in [3.8, 4) is 5.75 Å². The van der Waals surface area contributed by atoms with Crippen LogP contribution in [0.2, 0.25) is 0 Å². The largest absolute Gasteiger partial charge is 0.491 e. The van der Waals surface area contributed by atoms with Crippen LogP contribution >= 0.6 is 0 Å². The molecule has 0 saturated heterocycles. The zero-order valence-electron chi connectivity index (χ0n) is 11.7. The minimum absolute atomic E-state index is 0.0368. The third-order valence-corrected chi connectivity index (χ3v) is 3.40. The second-order valence-electron chi connectivity index (χ2n) is 4.75. The van der Waals surface area contributed by atoms with Gasteiger partial charge in [-0.25, -0.2) is 0 Å². The van der Waals surface area contributed by atoms with Gasteiger partial charge in [0.25, 0.3) is 0 Å². The molecule has 0 aliphatic carbocycles. The van der Waals surface area contributed by atoms with E-state index in [4.69, 9.17) is 9.15 Å². The van der Waals surface area contributed by atoms with Gasteiger partial charge in [0.05, 0.1) is 18.3 Å². The van der Waals surface area contributed by atoms with Gasteiger partial charge in [-0.1, -0.05) is 17.2 Å². The van der Waals surface area contributed by atoms with Crippen LogP contribution in [-0.2, 0) is 0 Å². The first kappa shape index (κ1) is 12.9. The van der Waals surface area contributed by atoms with Crippen molar-refractivity contribution in [1.82, 2.24) is 15.5 Å². The van der Waals surface area contributed by atoms with Gasteiger partial charge < -0.3 is 14.5 Å². The number of aromatic nitrogens is 2. The van der Waals surface area contributed by atoms with Crippen LogP contribution in [0.5, 0.6) is 5.75 Å². The van der Waals surface area contributed by atoms with Crippen LogP contribution in [-0.4, -0.2) is 30.4 Å². The Morgan fingerprint density at radius 1 is 1.30 bits per heavy atom. The Balaban J connectivity index is 1.95. The lowest BCUT2D eigenvalue weighted by Crippen LogP contribution is -2.18. The number of benzene rings is 1. The highest BCUT2D eigenvalue weighted by atomic mass is 16.5. The van der Waals surface area contributed by atoms with Crippen molar-refractivity contribution >= 4 is 11.7 Å². The molecule has 3 rings (SSSR count). The zero-order valence-corrected chi connectivity index (χ0v) is 11.7. The van der Waals surface area contributed by atoms with Gasteiger partial charge in [0.2, 0.25) is 5.89 Å². The van der Waals surface area contributed by atoms with E-state index < -0.39 is 0 Å². The first-order chi connectivity index (χ1) is 9.79. The third kappa shape index (κ3) is 2.34. The number of fused-ring (bicyclic) bond motifs is 1. The van der Waals surface area contributed by atoms with Gasteiger partial charge >= 0.3 is 6.01 Å². The van der Waals surface area contributed by atoms with Crippen LogP contribution in [0.25, 0.3) is 0 Å². The van der Waals surface area contributed by atoms with Crippen molar-refractivity contribution in [3.63, 3.8) is 0 Å². The summed E-state index contributed by atoms with van der Waals surface area (Å²) in [5.41, 5.74) is 0.970. The molecule has 0 fully saturated rings. The normalized spacial score (nSPS) is 16.2. The van der Waals surface area contributed by atoms with Gasteiger partial charge in [0, 0.05) is 6.54 Å². The quantitative estimate of drug-likeness (QED) is 0.926. The molecule has 2 aromatic rings. The molecule has 1 aliphatic heterocycles. The molecule has 0 radical (unpaired) electrons. The number of rotatable bonds is 3. The monoisotopic (exact) mass is 274 g/mol. The minimum atomic E-state index is 0.0368. The molecular weight excluding hydrogens is 256 g/mol. The number of nitrogens with one attached hydrogen (secondary N) is 1. The van der Waals surface area contributed by atoms with Crippen LogP contribution in [0.4, 0.5) is 11.7 Å². The fourth-order valence-corrected chi connectivity index (χ4v) is 2.16. The first-order valence-corrected chi connectivity index (χ1v) is 6.79. The van der Waals surface area contributed by atoms with E-state index in [1.165, 1.54) is 0 Å². The maximum Gasteiger partial charge on any atom is 0.322 e. The second kappa shape index (κ2) is 5.50. The molecule has 1 atom stereocenters. The van der Waals surface area contributed by atoms with E-state index in [-0.39, 0.29) is 6.04 Å². The lowest BCUT2D eigenvalue weighted by molar-refractivity contribution is 0.322. The van der Waals surface area contributed by atoms with Gasteiger partial charge in [-0.05, 0) is 32.5 Å². The van der Waals surface area contributed by atoms with Crippen molar-refractivity contribution in [2.24, 2.45) is 0 Å². The number of ether oxygens (including phenoxy) is 1. The SMILES string of the molecule is CNC(C)c1nnc(N2CCCOc3ccccc32)o1. The summed E-state index contributed by atoms with van der Waals surface area (Å²) in [6, 6.07) is 8.46. The third-order valence-electron chi connectivity index (χ3n) is 3.40. The van der Waals surface area contributed by atoms with Gasteiger partial charge in [0.1, 0.15) is 5.75 Å². The Hall–Kier alpha value is -2.08. The summed E-state index contributed by atoms with van der Waals surface area (Å²) in [5, 5.41) is 11.4. The molecule has 1 N–H and O–H groups in total. The smallest absolute Gasteiger partial charge is 0.322 e. The van der Waals surface area contributed by atoms with Crippen LogP contribution in [0.15, 0.2) is 28.7 Å². The van der Waals surface area contributed by atoms with Crippen LogP contribution < -0.4 is 15.0 Å². The molecule has 2 heterocycles. The Morgan fingerprint density at radius 2 is 2.15 bits per heavy atom. The number of nitrogens with zero attached hydrogens (tertiary/aromatic N) is 3. The summed E-state index contributed by atoms with van der Waals surface area (Å²) in [6.07, 6.45) is 0.911. The molecule has 0 spiro atoms. The molecule has 0 saturated carbocycles. The maximum absolute atomic E-state index is 5.77. The van der Waals surface area contributed by atoms with E-state index >= 15 is 0 Å². The predicted octanol–water partition coefficient (Wildman–Crippen LogP) is 2.27. The van der Waals surface area contributed by atoms with E-state index in [0.29, 0.717) is 18.5 Å². The maximum atomic E-state index is 5.77. The minimum Gasteiger partial charge on any atom is -0.491 e. The fourth-order valence-electron chi connectivity index (χ4n) is 2.16. The molecule has 1 aromatic heterocycles. The Morgan fingerprint density at radius 3 is 3.00 bits per heavy atom. The summed E-state index contributed by atoms with van der Waals surface area (Å²) in [5.74, 6) is 1.44. The van der Waals surface area contributed by atoms with Gasteiger partial charge in [-0.15, -0.1) is 5.10 Å². The number of hydrogen-bond acceptors (Lipinski definition) is 6. The number of anilines is 2. The summed E-state index contributed by atoms with van der Waals surface area (Å²) in [4.78, 5) is 2.02. The van der Waals surface area contributed by atoms with Crippen molar-refractivity contribution in [3.05, 3.63) is 30.2 Å². The lowest BCUT2D eigenvalue weighted by Gasteiger charge is -2.18. The summed E-state index contributed by atoms with van der Waals surface area (Å²) in [6.45, 7) is 3.48. The zero-order chi connectivity index (χ0) is 13.9. The summed E-state index contributed by atoms with van der Waals surface area (Å²) >= 11 is 0. The average molecular weight is 274 g/mol. The fraction of sp³-hybridized carbons (Fsp3) is 0.429. The molecule has 1 unspecified atom stereocenters. The highest BCUT2D eigenvalue weighted by molar-refractivity contribution is 5.64. The van der Waals surface area contributed by atoms with E-state index in [1.54, 1.807) is 0 Å². The molecule has 0 bridgehead atoms. The van der Waals surface area contributed by atoms with E-state index in [9.17, 15) is 0 Å². The van der Waals surface area contributed by atoms with Crippen molar-refractivity contribution in [2.45, 2.75) is 19.4 Å². The lowest BCUT2D eigenvalue weighted by atomic mass is 10.2. The van der Waals surface area contributed by atoms with Crippen LogP contribution in [0.3, 0.4) is 0 Å². The first-order valence-electron chi connectivity index (χ1n) is 6.79.